The van der Waals surface area contributed by atoms with Crippen molar-refractivity contribution < 1.29 is 9.13 Å². The standard InChI is InChI=1S/C30H38FN5O/c1-28(2)15-20(16-29(3,4)37-28)13-23(21-5-7-25-24(14-21)27(31)35-34-25)22-6-8-26(33-17-22)36-11-9-30(10-12-36)18-32-19-30/h5-8,13-14,17,20,32H,9-12,15-16,18-19H2,1-4H3,(H,34,35). The van der Waals surface area contributed by atoms with Crippen molar-refractivity contribution in [1.29, 1.82) is 0 Å². The summed E-state index contributed by atoms with van der Waals surface area (Å²) in [7, 11) is 0. The molecule has 3 aromatic rings. The fourth-order valence-corrected chi connectivity index (χ4v) is 6.80. The highest BCUT2D eigenvalue weighted by Crippen LogP contribution is 2.41. The van der Waals surface area contributed by atoms with E-state index in [-0.39, 0.29) is 11.2 Å². The number of nitrogens with zero attached hydrogens (tertiary/aromatic N) is 3. The predicted octanol–water partition coefficient (Wildman–Crippen LogP) is 5.70. The Kier molecular flexibility index (Phi) is 5.92. The van der Waals surface area contributed by atoms with Gasteiger partial charge < -0.3 is 15.0 Å². The van der Waals surface area contributed by atoms with Gasteiger partial charge in [-0.3, -0.25) is 5.10 Å². The van der Waals surface area contributed by atoms with Crippen molar-refractivity contribution in [3.63, 3.8) is 0 Å². The van der Waals surface area contributed by atoms with Crippen LogP contribution in [0.15, 0.2) is 42.6 Å². The van der Waals surface area contributed by atoms with Gasteiger partial charge in [0.05, 0.1) is 22.1 Å². The Bertz CT molecular complexity index is 1300. The summed E-state index contributed by atoms with van der Waals surface area (Å²) >= 11 is 0. The number of nitrogens with one attached hydrogen (secondary N) is 2. The molecule has 0 unspecified atom stereocenters. The van der Waals surface area contributed by atoms with Gasteiger partial charge in [-0.1, -0.05) is 12.1 Å². The van der Waals surface area contributed by atoms with E-state index in [4.69, 9.17) is 9.72 Å². The maximum atomic E-state index is 14.4. The first-order valence-corrected chi connectivity index (χ1v) is 13.6. The molecule has 196 valence electrons. The third kappa shape index (κ3) is 4.91. The van der Waals surface area contributed by atoms with Crippen LogP contribution in [0.2, 0.25) is 0 Å². The Morgan fingerprint density at radius 3 is 2.35 bits per heavy atom. The van der Waals surface area contributed by atoms with Gasteiger partial charge in [0.2, 0.25) is 5.95 Å². The fraction of sp³-hybridized carbons (Fsp3) is 0.533. The topological polar surface area (TPSA) is 66.1 Å². The SMILES string of the molecule is CC1(C)CC(C=C(c2ccc(N3CCC4(CC3)CNC4)nc2)c2ccc3[nH]nc(F)c3c2)CC(C)(C)O1. The summed E-state index contributed by atoms with van der Waals surface area (Å²) in [6.45, 7) is 13.1. The smallest absolute Gasteiger partial charge is 0.240 e. The first-order chi connectivity index (χ1) is 17.6. The van der Waals surface area contributed by atoms with Crippen LogP contribution in [0.5, 0.6) is 0 Å². The minimum Gasteiger partial charge on any atom is -0.370 e. The average molecular weight is 504 g/mol. The number of benzene rings is 1. The Hall–Kier alpha value is -2.77. The van der Waals surface area contributed by atoms with Crippen molar-refractivity contribution in [2.75, 3.05) is 31.1 Å². The first-order valence-electron chi connectivity index (χ1n) is 13.6. The summed E-state index contributed by atoms with van der Waals surface area (Å²) in [6.07, 6.45) is 8.65. The normalized spacial score (nSPS) is 23.4. The zero-order valence-corrected chi connectivity index (χ0v) is 22.4. The van der Waals surface area contributed by atoms with Crippen molar-refractivity contribution in [1.82, 2.24) is 20.5 Å². The number of aromatic nitrogens is 3. The Labute approximate surface area is 218 Å². The fourth-order valence-electron chi connectivity index (χ4n) is 6.80. The molecule has 0 aliphatic carbocycles. The molecule has 1 spiro atoms. The molecule has 6 nitrogen and oxygen atoms in total. The number of allylic oxidation sites excluding steroid dienone is 1. The van der Waals surface area contributed by atoms with Gasteiger partial charge in [0.1, 0.15) is 5.82 Å². The van der Waals surface area contributed by atoms with Gasteiger partial charge in [0.25, 0.3) is 0 Å². The van der Waals surface area contributed by atoms with Gasteiger partial charge in [-0.15, -0.1) is 5.10 Å². The Morgan fingerprint density at radius 1 is 1.03 bits per heavy atom. The lowest BCUT2D eigenvalue weighted by Crippen LogP contribution is -2.58. The molecule has 3 saturated heterocycles. The molecular formula is C30H38FN5O. The number of pyridine rings is 1. The minimum absolute atomic E-state index is 0.210. The van der Waals surface area contributed by atoms with Crippen LogP contribution in [0.1, 0.15) is 64.5 Å². The Morgan fingerprint density at radius 2 is 1.73 bits per heavy atom. The molecule has 0 radical (unpaired) electrons. The van der Waals surface area contributed by atoms with E-state index in [1.807, 2.05) is 24.4 Å². The van der Waals surface area contributed by atoms with Gasteiger partial charge in [0, 0.05) is 37.9 Å². The molecular weight excluding hydrogens is 465 g/mol. The quantitative estimate of drug-likeness (QED) is 0.478. The van der Waals surface area contributed by atoms with Crippen LogP contribution in [-0.2, 0) is 4.74 Å². The molecule has 2 N–H and O–H groups in total. The number of aromatic amines is 1. The number of ether oxygens (including phenoxy) is 1. The van der Waals surface area contributed by atoms with E-state index in [9.17, 15) is 4.39 Å². The molecule has 37 heavy (non-hydrogen) atoms. The van der Waals surface area contributed by atoms with Crippen molar-refractivity contribution in [3.05, 3.63) is 59.7 Å². The van der Waals surface area contributed by atoms with Crippen LogP contribution in [-0.4, -0.2) is 52.6 Å². The number of piperidine rings is 1. The number of hydrogen-bond donors (Lipinski definition) is 2. The highest BCUT2D eigenvalue weighted by atomic mass is 19.1. The summed E-state index contributed by atoms with van der Waals surface area (Å²) in [6, 6.07) is 10.2. The van der Waals surface area contributed by atoms with E-state index in [1.165, 1.54) is 12.8 Å². The van der Waals surface area contributed by atoms with Crippen LogP contribution in [0.4, 0.5) is 10.2 Å². The van der Waals surface area contributed by atoms with Crippen LogP contribution in [0.3, 0.4) is 0 Å². The second-order valence-electron chi connectivity index (χ2n) is 12.6. The highest BCUT2D eigenvalue weighted by molar-refractivity contribution is 5.87. The average Bonchev–Trinajstić information content (AvgIpc) is 3.20. The first kappa shape index (κ1) is 24.6. The second kappa shape index (κ2) is 8.91. The van der Waals surface area contributed by atoms with Crippen molar-refractivity contribution in [2.24, 2.45) is 11.3 Å². The monoisotopic (exact) mass is 503 g/mol. The largest absolute Gasteiger partial charge is 0.370 e. The van der Waals surface area contributed by atoms with E-state index < -0.39 is 5.95 Å². The highest BCUT2D eigenvalue weighted by Gasteiger charge is 2.40. The molecule has 2 aromatic heterocycles. The number of hydrogen-bond acceptors (Lipinski definition) is 5. The van der Waals surface area contributed by atoms with Crippen LogP contribution < -0.4 is 10.2 Å². The predicted molar refractivity (Wildman–Crippen MR) is 146 cm³/mol. The number of fused-ring (bicyclic) bond motifs is 1. The molecule has 7 heteroatoms. The molecule has 5 heterocycles. The molecule has 1 aromatic carbocycles. The van der Waals surface area contributed by atoms with Crippen LogP contribution >= 0.6 is 0 Å². The molecule has 3 aliphatic rings. The van der Waals surface area contributed by atoms with Crippen molar-refractivity contribution in [3.8, 4) is 0 Å². The van der Waals surface area contributed by atoms with E-state index >= 15 is 0 Å². The maximum Gasteiger partial charge on any atom is 0.240 e. The maximum absolute atomic E-state index is 14.4. The zero-order chi connectivity index (χ0) is 25.8. The summed E-state index contributed by atoms with van der Waals surface area (Å²) in [5.74, 6) is 0.894. The zero-order valence-electron chi connectivity index (χ0n) is 22.4. The lowest BCUT2D eigenvalue weighted by molar-refractivity contribution is -0.166. The molecule has 3 aliphatic heterocycles. The van der Waals surface area contributed by atoms with Gasteiger partial charge in [-0.2, -0.15) is 4.39 Å². The van der Waals surface area contributed by atoms with Crippen molar-refractivity contribution >= 4 is 22.3 Å². The third-order valence-electron chi connectivity index (χ3n) is 8.50. The minimum atomic E-state index is -0.470. The summed E-state index contributed by atoms with van der Waals surface area (Å²) in [4.78, 5) is 7.32. The number of H-pyrrole nitrogens is 1. The molecule has 6 rings (SSSR count). The molecule has 0 saturated carbocycles. The van der Waals surface area contributed by atoms with Crippen LogP contribution in [0, 0.1) is 17.3 Å². The number of rotatable bonds is 4. The van der Waals surface area contributed by atoms with E-state index in [1.54, 1.807) is 0 Å². The van der Waals surface area contributed by atoms with E-state index in [2.05, 4.69) is 66.3 Å². The lowest BCUT2D eigenvalue weighted by atomic mass is 9.73. The number of anilines is 1. The lowest BCUT2D eigenvalue weighted by Gasteiger charge is -2.48. The van der Waals surface area contributed by atoms with Gasteiger partial charge in [-0.05, 0) is 100 Å². The Balaban J connectivity index is 1.33. The van der Waals surface area contributed by atoms with Gasteiger partial charge in [-0.25, -0.2) is 4.98 Å². The summed E-state index contributed by atoms with van der Waals surface area (Å²) < 4.78 is 20.7. The van der Waals surface area contributed by atoms with Gasteiger partial charge in [0.15, 0.2) is 0 Å². The third-order valence-corrected chi connectivity index (χ3v) is 8.50. The van der Waals surface area contributed by atoms with Crippen LogP contribution in [0.25, 0.3) is 16.5 Å². The number of halogens is 1. The molecule has 0 bridgehead atoms. The summed E-state index contributed by atoms with van der Waals surface area (Å²) in [5, 5.41) is 10.5. The van der Waals surface area contributed by atoms with E-state index in [0.717, 1.165) is 61.5 Å². The van der Waals surface area contributed by atoms with Gasteiger partial charge >= 0.3 is 0 Å². The van der Waals surface area contributed by atoms with Crippen molar-refractivity contribution in [2.45, 2.75) is 64.6 Å². The van der Waals surface area contributed by atoms with E-state index in [0.29, 0.717) is 22.2 Å². The summed E-state index contributed by atoms with van der Waals surface area (Å²) in [5.41, 5.74) is 3.90. The molecule has 3 fully saturated rings. The molecule has 0 amide bonds. The second-order valence-corrected chi connectivity index (χ2v) is 12.6. The molecule has 0 atom stereocenters.